The number of hydrogen-bond acceptors (Lipinski definition) is 7. The molecule has 10 heteroatoms. The fourth-order valence-electron chi connectivity index (χ4n) is 5.11. The van der Waals surface area contributed by atoms with E-state index in [1.165, 1.54) is 16.0 Å². The second kappa shape index (κ2) is 13.3. The first kappa shape index (κ1) is 28.2. The number of pyridine rings is 1. The monoisotopic (exact) mass is 531 g/mol. The van der Waals surface area contributed by atoms with Crippen LogP contribution in [0.3, 0.4) is 0 Å². The van der Waals surface area contributed by atoms with Crippen molar-refractivity contribution in [2.75, 3.05) is 31.5 Å². The molecule has 2 unspecified atom stereocenters. The van der Waals surface area contributed by atoms with E-state index >= 15 is 0 Å². The van der Waals surface area contributed by atoms with Crippen molar-refractivity contribution in [3.8, 4) is 0 Å². The van der Waals surface area contributed by atoms with E-state index in [0.29, 0.717) is 25.2 Å². The number of benzene rings is 2. The molecule has 1 aliphatic carbocycles. The van der Waals surface area contributed by atoms with Gasteiger partial charge in [-0.05, 0) is 48.4 Å². The number of carbonyl (C=O) groups excluding carboxylic acids is 3. The van der Waals surface area contributed by atoms with Gasteiger partial charge in [0.05, 0.1) is 29.9 Å². The van der Waals surface area contributed by atoms with Gasteiger partial charge in [0.1, 0.15) is 6.04 Å². The summed E-state index contributed by atoms with van der Waals surface area (Å²) in [7, 11) is 0. The molecule has 1 aliphatic rings. The number of amides is 3. The number of aromatic nitrogens is 1. The molecule has 1 heterocycles. The minimum Gasteiger partial charge on any atom is -0.343 e. The molecule has 10 nitrogen and oxygen atoms in total. The summed E-state index contributed by atoms with van der Waals surface area (Å²) in [6.45, 7) is 1.22. The van der Waals surface area contributed by atoms with Gasteiger partial charge < -0.3 is 32.7 Å². The molecule has 0 fully saturated rings. The van der Waals surface area contributed by atoms with Crippen molar-refractivity contribution in [2.45, 2.75) is 37.8 Å². The van der Waals surface area contributed by atoms with Crippen molar-refractivity contribution < 1.29 is 14.4 Å². The summed E-state index contributed by atoms with van der Waals surface area (Å²) in [6.07, 6.45) is 3.47. The van der Waals surface area contributed by atoms with Crippen LogP contribution in [0.25, 0.3) is 10.9 Å². The smallest absolute Gasteiger partial charge is 0.247 e. The van der Waals surface area contributed by atoms with Gasteiger partial charge in [-0.25, -0.2) is 0 Å². The molecule has 4 rings (SSSR count). The van der Waals surface area contributed by atoms with Gasteiger partial charge in [-0.2, -0.15) is 0 Å². The molecule has 0 radical (unpaired) electrons. The van der Waals surface area contributed by atoms with E-state index in [-0.39, 0.29) is 37.2 Å². The van der Waals surface area contributed by atoms with Crippen molar-refractivity contribution in [2.24, 2.45) is 23.1 Å². The molecule has 39 heavy (non-hydrogen) atoms. The predicted molar refractivity (Wildman–Crippen MR) is 152 cm³/mol. The molecule has 0 spiro atoms. The van der Waals surface area contributed by atoms with Crippen LogP contribution in [0.1, 0.15) is 24.0 Å². The second-order valence-electron chi connectivity index (χ2n) is 10.0. The van der Waals surface area contributed by atoms with E-state index in [1.807, 2.05) is 42.5 Å². The summed E-state index contributed by atoms with van der Waals surface area (Å²) in [5, 5.41) is 6.62. The first-order valence-electron chi connectivity index (χ1n) is 13.3. The molecule has 0 saturated carbocycles. The highest BCUT2D eigenvalue weighted by molar-refractivity contribution is 5.99. The van der Waals surface area contributed by atoms with Crippen molar-refractivity contribution in [3.63, 3.8) is 0 Å². The van der Waals surface area contributed by atoms with Crippen LogP contribution in [0, 0.1) is 5.92 Å². The van der Waals surface area contributed by atoms with Gasteiger partial charge in [0.15, 0.2) is 0 Å². The Hall–Kier alpha value is -3.86. The molecule has 0 bridgehead atoms. The van der Waals surface area contributed by atoms with E-state index in [9.17, 15) is 14.4 Å². The number of nitrogens with zero attached hydrogens (tertiary/aromatic N) is 2. The third-order valence-electron chi connectivity index (χ3n) is 7.08. The number of rotatable bonds is 12. The number of hydrogen-bond donors (Lipinski definition) is 5. The van der Waals surface area contributed by atoms with Crippen LogP contribution in [0.5, 0.6) is 0 Å². The molecule has 3 aromatic rings. The van der Waals surface area contributed by atoms with Gasteiger partial charge in [-0.1, -0.05) is 42.5 Å². The molecule has 2 aromatic carbocycles. The molecule has 0 aliphatic heterocycles. The number of fused-ring (bicyclic) bond motifs is 2. The van der Waals surface area contributed by atoms with Crippen LogP contribution in [0.4, 0.5) is 5.69 Å². The van der Waals surface area contributed by atoms with Gasteiger partial charge in [-0.3, -0.25) is 19.4 Å². The zero-order chi connectivity index (χ0) is 27.8. The summed E-state index contributed by atoms with van der Waals surface area (Å²) in [5.41, 5.74) is 21.2. The fraction of sp³-hybridized carbons (Fsp3) is 0.379. The van der Waals surface area contributed by atoms with Crippen molar-refractivity contribution in [3.05, 3.63) is 71.9 Å². The number of anilines is 1. The Bertz CT molecular complexity index is 1280. The van der Waals surface area contributed by atoms with Crippen LogP contribution >= 0.6 is 0 Å². The molecule has 3 amide bonds. The van der Waals surface area contributed by atoms with E-state index in [0.717, 1.165) is 23.7 Å². The molecule has 0 saturated heterocycles. The lowest BCUT2D eigenvalue weighted by molar-refractivity contribution is -0.134. The standard InChI is InChI=1S/C29H37N7O3/c30-9-11-36(12-10-31)27(37)17-24(32)28(38)35-26(15-19-13-20-5-1-2-6-21(20)14-19)29(39)34-23-16-22-7-3-4-8-25(22)33-18-23/h1-8,16,18-19,24,26H,9-15,17,30-32H2,(H,34,39)(H,35,38). The van der Waals surface area contributed by atoms with E-state index in [4.69, 9.17) is 17.2 Å². The summed E-state index contributed by atoms with van der Waals surface area (Å²) in [6, 6.07) is 15.7. The number of nitrogens with one attached hydrogen (secondary N) is 2. The third-order valence-corrected chi connectivity index (χ3v) is 7.08. The van der Waals surface area contributed by atoms with Crippen LogP contribution < -0.4 is 27.8 Å². The van der Waals surface area contributed by atoms with Crippen LogP contribution in [-0.2, 0) is 27.2 Å². The SMILES string of the molecule is NCCN(CCN)C(=O)CC(N)C(=O)NC(CC1Cc2ccccc2C1)C(=O)Nc1cnc2ccccc2c1. The van der Waals surface area contributed by atoms with Crippen molar-refractivity contribution in [1.29, 1.82) is 0 Å². The van der Waals surface area contributed by atoms with Crippen LogP contribution in [0.2, 0.25) is 0 Å². The highest BCUT2D eigenvalue weighted by atomic mass is 16.2. The topological polar surface area (TPSA) is 169 Å². The lowest BCUT2D eigenvalue weighted by atomic mass is 9.96. The maximum absolute atomic E-state index is 13.5. The Morgan fingerprint density at radius 1 is 0.949 bits per heavy atom. The molecule has 8 N–H and O–H groups in total. The highest BCUT2D eigenvalue weighted by Crippen LogP contribution is 2.30. The quantitative estimate of drug-likeness (QED) is 0.231. The maximum atomic E-state index is 13.5. The largest absolute Gasteiger partial charge is 0.343 e. The second-order valence-corrected chi connectivity index (χ2v) is 10.0. The Kier molecular flexibility index (Phi) is 9.59. The lowest BCUT2D eigenvalue weighted by Crippen LogP contribution is -2.52. The Morgan fingerprint density at radius 2 is 1.59 bits per heavy atom. The molecular formula is C29H37N7O3. The molecule has 206 valence electrons. The molecule has 2 atom stereocenters. The summed E-state index contributed by atoms with van der Waals surface area (Å²) in [5.74, 6) is -1.04. The first-order chi connectivity index (χ1) is 18.9. The van der Waals surface area contributed by atoms with E-state index in [2.05, 4.69) is 27.8 Å². The number of carbonyl (C=O) groups is 3. The van der Waals surface area contributed by atoms with Crippen molar-refractivity contribution in [1.82, 2.24) is 15.2 Å². The number of nitrogens with two attached hydrogens (primary N) is 3. The van der Waals surface area contributed by atoms with Gasteiger partial charge in [0.25, 0.3) is 0 Å². The third kappa shape index (κ3) is 7.38. The normalized spacial score (nSPS) is 14.4. The zero-order valence-electron chi connectivity index (χ0n) is 22.0. The first-order valence-corrected chi connectivity index (χ1v) is 13.3. The zero-order valence-corrected chi connectivity index (χ0v) is 22.0. The van der Waals surface area contributed by atoms with E-state index in [1.54, 1.807) is 6.20 Å². The Labute approximate surface area is 228 Å². The van der Waals surface area contributed by atoms with Crippen LogP contribution in [-0.4, -0.2) is 65.9 Å². The Morgan fingerprint density at radius 3 is 2.26 bits per heavy atom. The van der Waals surface area contributed by atoms with Gasteiger partial charge >= 0.3 is 0 Å². The van der Waals surface area contributed by atoms with E-state index < -0.39 is 18.0 Å². The van der Waals surface area contributed by atoms with Gasteiger partial charge in [-0.15, -0.1) is 0 Å². The number of para-hydroxylation sites is 1. The predicted octanol–water partition coefficient (Wildman–Crippen LogP) is 0.927. The molecular weight excluding hydrogens is 494 g/mol. The summed E-state index contributed by atoms with van der Waals surface area (Å²) < 4.78 is 0. The minimum absolute atomic E-state index is 0.177. The summed E-state index contributed by atoms with van der Waals surface area (Å²) >= 11 is 0. The Balaban J connectivity index is 1.46. The fourth-order valence-corrected chi connectivity index (χ4v) is 5.11. The maximum Gasteiger partial charge on any atom is 0.247 e. The van der Waals surface area contributed by atoms with Crippen LogP contribution in [0.15, 0.2) is 60.8 Å². The molecule has 1 aromatic heterocycles. The minimum atomic E-state index is -1.12. The average Bonchev–Trinajstić information content (AvgIpc) is 3.35. The summed E-state index contributed by atoms with van der Waals surface area (Å²) in [4.78, 5) is 45.2. The average molecular weight is 532 g/mol. The highest BCUT2D eigenvalue weighted by Gasteiger charge is 2.31. The van der Waals surface area contributed by atoms with Crippen molar-refractivity contribution >= 4 is 34.3 Å². The van der Waals surface area contributed by atoms with Gasteiger partial charge in [0.2, 0.25) is 17.7 Å². The lowest BCUT2D eigenvalue weighted by Gasteiger charge is -2.25. The van der Waals surface area contributed by atoms with Gasteiger partial charge in [0, 0.05) is 31.6 Å².